The van der Waals surface area contributed by atoms with Crippen LogP contribution in [0.25, 0.3) is 0 Å². The van der Waals surface area contributed by atoms with Gasteiger partial charge in [0.05, 0.1) is 12.1 Å². The summed E-state index contributed by atoms with van der Waals surface area (Å²) in [5.41, 5.74) is 0.555. The molecule has 3 heterocycles. The molecular formula is C15H19N5O2S. The second-order valence-electron chi connectivity index (χ2n) is 5.41. The molecule has 0 atom stereocenters. The van der Waals surface area contributed by atoms with Gasteiger partial charge in [-0.15, -0.1) is 11.3 Å². The minimum absolute atomic E-state index is 0.0245. The molecule has 3 rings (SSSR count). The van der Waals surface area contributed by atoms with E-state index in [9.17, 15) is 4.79 Å². The van der Waals surface area contributed by atoms with Gasteiger partial charge in [-0.1, -0.05) is 0 Å². The minimum atomic E-state index is 0.0245. The number of thiazole rings is 1. The third-order valence-electron chi connectivity index (χ3n) is 3.82. The Morgan fingerprint density at radius 3 is 2.83 bits per heavy atom. The van der Waals surface area contributed by atoms with Gasteiger partial charge in [-0.05, 0) is 19.8 Å². The third-order valence-corrected chi connectivity index (χ3v) is 4.60. The maximum Gasteiger partial charge on any atom is 0.273 e. The number of likely N-dealkylation sites (tertiary alicyclic amines) is 1. The van der Waals surface area contributed by atoms with Gasteiger partial charge in [0.1, 0.15) is 17.8 Å². The molecule has 1 N–H and O–H groups in total. The van der Waals surface area contributed by atoms with Crippen molar-refractivity contribution >= 4 is 23.1 Å². The molecule has 1 amide bonds. The quantitative estimate of drug-likeness (QED) is 0.921. The van der Waals surface area contributed by atoms with Crippen molar-refractivity contribution in [3.05, 3.63) is 28.5 Å². The summed E-state index contributed by atoms with van der Waals surface area (Å²) in [7, 11) is 1.58. The predicted molar refractivity (Wildman–Crippen MR) is 88.0 cm³/mol. The fourth-order valence-corrected chi connectivity index (χ4v) is 3.18. The Bertz CT molecular complexity index is 682. The molecule has 0 spiro atoms. The molecule has 0 unspecified atom stereocenters. The molecule has 1 fully saturated rings. The van der Waals surface area contributed by atoms with Gasteiger partial charge in [0.2, 0.25) is 5.88 Å². The number of ether oxygens (including phenoxy) is 1. The number of carbonyl (C=O) groups is 1. The number of methoxy groups -OCH3 is 1. The van der Waals surface area contributed by atoms with Crippen molar-refractivity contribution in [1.82, 2.24) is 19.9 Å². The van der Waals surface area contributed by atoms with Crippen LogP contribution in [0.2, 0.25) is 0 Å². The van der Waals surface area contributed by atoms with Crippen LogP contribution in [-0.4, -0.2) is 52.0 Å². The highest BCUT2D eigenvalue weighted by Gasteiger charge is 2.25. The number of rotatable bonds is 4. The third kappa shape index (κ3) is 3.76. The van der Waals surface area contributed by atoms with E-state index in [0.717, 1.165) is 36.8 Å². The summed E-state index contributed by atoms with van der Waals surface area (Å²) in [4.78, 5) is 26.7. The zero-order valence-electron chi connectivity index (χ0n) is 13.2. The Balaban J connectivity index is 1.55. The average Bonchev–Trinajstić information content (AvgIpc) is 3.01. The monoisotopic (exact) mass is 333 g/mol. The summed E-state index contributed by atoms with van der Waals surface area (Å²) in [6, 6.07) is 2.06. The van der Waals surface area contributed by atoms with Gasteiger partial charge in [-0.2, -0.15) is 0 Å². The van der Waals surface area contributed by atoms with E-state index in [2.05, 4.69) is 20.3 Å². The first-order valence-corrected chi connectivity index (χ1v) is 8.37. The van der Waals surface area contributed by atoms with Gasteiger partial charge in [0.15, 0.2) is 0 Å². The lowest BCUT2D eigenvalue weighted by molar-refractivity contribution is 0.0713. The first kappa shape index (κ1) is 15.7. The van der Waals surface area contributed by atoms with Crippen LogP contribution in [0, 0.1) is 6.92 Å². The summed E-state index contributed by atoms with van der Waals surface area (Å²) < 4.78 is 5.09. The number of carbonyl (C=O) groups excluding carboxylic acids is 1. The van der Waals surface area contributed by atoms with E-state index in [1.54, 1.807) is 13.2 Å². The Hall–Kier alpha value is -2.22. The first-order valence-electron chi connectivity index (χ1n) is 7.49. The Morgan fingerprint density at radius 1 is 1.39 bits per heavy atom. The number of anilines is 1. The van der Waals surface area contributed by atoms with E-state index in [-0.39, 0.29) is 11.9 Å². The van der Waals surface area contributed by atoms with Crippen molar-refractivity contribution in [2.24, 2.45) is 0 Å². The van der Waals surface area contributed by atoms with Crippen LogP contribution in [-0.2, 0) is 0 Å². The second kappa shape index (κ2) is 6.91. The Labute approximate surface area is 138 Å². The zero-order valence-corrected chi connectivity index (χ0v) is 14.0. The molecule has 2 aromatic rings. The first-order chi connectivity index (χ1) is 11.2. The Morgan fingerprint density at radius 2 is 2.17 bits per heavy atom. The molecule has 1 saturated heterocycles. The van der Waals surface area contributed by atoms with Crippen LogP contribution in [0.1, 0.15) is 28.3 Å². The molecule has 23 heavy (non-hydrogen) atoms. The standard InChI is InChI=1S/C15H19N5O2S/c1-10-18-12(8-23-10)15(21)20-5-3-11(4-6-20)19-13-7-14(22-2)17-9-16-13/h7-9,11H,3-6H2,1-2H3,(H,16,17,19). The highest BCUT2D eigenvalue weighted by Crippen LogP contribution is 2.19. The average molecular weight is 333 g/mol. The number of hydrogen-bond donors (Lipinski definition) is 1. The number of nitrogens with zero attached hydrogens (tertiary/aromatic N) is 4. The largest absolute Gasteiger partial charge is 0.481 e. The van der Waals surface area contributed by atoms with E-state index in [1.165, 1.54) is 17.7 Å². The van der Waals surface area contributed by atoms with Crippen molar-refractivity contribution in [3.8, 4) is 5.88 Å². The second-order valence-corrected chi connectivity index (χ2v) is 6.47. The fraction of sp³-hybridized carbons (Fsp3) is 0.467. The van der Waals surface area contributed by atoms with Crippen LogP contribution >= 0.6 is 11.3 Å². The number of aryl methyl sites for hydroxylation is 1. The molecular weight excluding hydrogens is 314 g/mol. The number of piperidine rings is 1. The molecule has 0 aromatic carbocycles. The lowest BCUT2D eigenvalue weighted by atomic mass is 10.0. The molecule has 0 radical (unpaired) electrons. The van der Waals surface area contributed by atoms with Gasteiger partial charge in [0, 0.05) is 30.6 Å². The zero-order chi connectivity index (χ0) is 16.2. The number of hydrogen-bond acceptors (Lipinski definition) is 7. The fourth-order valence-electron chi connectivity index (χ4n) is 2.59. The van der Waals surface area contributed by atoms with E-state index in [4.69, 9.17) is 4.74 Å². The smallest absolute Gasteiger partial charge is 0.273 e. The topological polar surface area (TPSA) is 80.2 Å². The Kier molecular flexibility index (Phi) is 4.71. The van der Waals surface area contributed by atoms with E-state index in [0.29, 0.717) is 11.6 Å². The minimum Gasteiger partial charge on any atom is -0.481 e. The molecule has 0 aliphatic carbocycles. The van der Waals surface area contributed by atoms with Crippen LogP contribution in [0.5, 0.6) is 5.88 Å². The van der Waals surface area contributed by atoms with E-state index < -0.39 is 0 Å². The summed E-state index contributed by atoms with van der Waals surface area (Å²) in [6.45, 7) is 3.35. The van der Waals surface area contributed by atoms with Gasteiger partial charge in [0.25, 0.3) is 5.91 Å². The molecule has 1 aliphatic rings. The lowest BCUT2D eigenvalue weighted by Gasteiger charge is -2.32. The summed E-state index contributed by atoms with van der Waals surface area (Å²) in [6.07, 6.45) is 3.23. The highest BCUT2D eigenvalue weighted by atomic mass is 32.1. The number of amides is 1. The van der Waals surface area contributed by atoms with Crippen molar-refractivity contribution in [1.29, 1.82) is 0 Å². The number of nitrogens with one attached hydrogen (secondary N) is 1. The molecule has 8 heteroatoms. The van der Waals surface area contributed by atoms with Gasteiger partial charge < -0.3 is 15.0 Å². The molecule has 1 aliphatic heterocycles. The summed E-state index contributed by atoms with van der Waals surface area (Å²) >= 11 is 1.51. The van der Waals surface area contributed by atoms with E-state index in [1.807, 2.05) is 17.2 Å². The van der Waals surface area contributed by atoms with Crippen molar-refractivity contribution in [2.45, 2.75) is 25.8 Å². The maximum atomic E-state index is 12.4. The van der Waals surface area contributed by atoms with Gasteiger partial charge in [-0.3, -0.25) is 4.79 Å². The maximum absolute atomic E-state index is 12.4. The normalized spacial score (nSPS) is 15.5. The van der Waals surface area contributed by atoms with E-state index >= 15 is 0 Å². The molecule has 122 valence electrons. The molecule has 2 aromatic heterocycles. The van der Waals surface area contributed by atoms with Crippen molar-refractivity contribution in [2.75, 3.05) is 25.5 Å². The van der Waals surface area contributed by atoms with Crippen LogP contribution in [0.3, 0.4) is 0 Å². The summed E-state index contributed by atoms with van der Waals surface area (Å²) in [5, 5.41) is 6.12. The van der Waals surface area contributed by atoms with Crippen molar-refractivity contribution in [3.63, 3.8) is 0 Å². The van der Waals surface area contributed by atoms with Crippen molar-refractivity contribution < 1.29 is 9.53 Å². The van der Waals surface area contributed by atoms with Crippen LogP contribution < -0.4 is 10.1 Å². The molecule has 7 nitrogen and oxygen atoms in total. The van der Waals surface area contributed by atoms with Gasteiger partial charge in [-0.25, -0.2) is 15.0 Å². The predicted octanol–water partition coefficient (Wildman–Crippen LogP) is 1.97. The van der Waals surface area contributed by atoms with Gasteiger partial charge >= 0.3 is 0 Å². The molecule has 0 bridgehead atoms. The highest BCUT2D eigenvalue weighted by molar-refractivity contribution is 7.09. The van der Waals surface area contributed by atoms with Crippen LogP contribution in [0.4, 0.5) is 5.82 Å². The molecule has 0 saturated carbocycles. The summed E-state index contributed by atoms with van der Waals surface area (Å²) in [5.74, 6) is 1.31. The van der Waals surface area contributed by atoms with Crippen LogP contribution in [0.15, 0.2) is 17.8 Å². The SMILES string of the molecule is COc1cc(NC2CCN(C(=O)c3csc(C)n3)CC2)ncn1. The lowest BCUT2D eigenvalue weighted by Crippen LogP contribution is -2.42. The number of aromatic nitrogens is 3.